The predicted molar refractivity (Wildman–Crippen MR) is 91.7 cm³/mol. The Balaban J connectivity index is 1.97. The topological polar surface area (TPSA) is 122 Å². The minimum atomic E-state index is -3.83. The number of amides is 1. The van der Waals surface area contributed by atoms with Crippen molar-refractivity contribution in [2.75, 3.05) is 32.8 Å². The summed E-state index contributed by atoms with van der Waals surface area (Å²) in [5.41, 5.74) is 0. The highest BCUT2D eigenvalue weighted by atomic mass is 32.2. The summed E-state index contributed by atoms with van der Waals surface area (Å²) in [5.74, 6) is -0.701. The molecule has 0 saturated heterocycles. The average molecular weight is 386 g/mol. The number of hydrogen-bond acceptors (Lipinski definition) is 6. The standard InChI is InChI=1S/C16H22N2O7S/c1-2-18(11-16(20)21)15(19)6-7-17-26(22,23)12-4-5-13-14(10-12)25-9-3-8-24-13/h4-5,10,17H,2-3,6-9,11H2,1H3,(H,20,21). The van der Waals surface area contributed by atoms with E-state index in [0.717, 1.165) is 4.90 Å². The zero-order valence-electron chi connectivity index (χ0n) is 14.4. The summed E-state index contributed by atoms with van der Waals surface area (Å²) in [7, 11) is -3.83. The van der Waals surface area contributed by atoms with E-state index in [-0.39, 0.29) is 24.4 Å². The Labute approximate surface area is 151 Å². The molecule has 0 spiro atoms. The Hall–Kier alpha value is -2.33. The molecule has 1 aliphatic rings. The number of rotatable bonds is 8. The number of benzene rings is 1. The molecule has 1 aliphatic heterocycles. The molecular weight excluding hydrogens is 364 g/mol. The quantitative estimate of drug-likeness (QED) is 0.665. The first-order valence-corrected chi connectivity index (χ1v) is 9.70. The second-order valence-electron chi connectivity index (χ2n) is 5.61. The molecule has 0 bridgehead atoms. The van der Waals surface area contributed by atoms with Gasteiger partial charge >= 0.3 is 5.97 Å². The van der Waals surface area contributed by atoms with Gasteiger partial charge in [0.1, 0.15) is 6.54 Å². The van der Waals surface area contributed by atoms with Crippen LogP contribution in [-0.4, -0.2) is 63.1 Å². The minimum absolute atomic E-state index is 0.00656. The molecule has 144 valence electrons. The van der Waals surface area contributed by atoms with Gasteiger partial charge < -0.3 is 19.5 Å². The van der Waals surface area contributed by atoms with Gasteiger partial charge in [0.05, 0.1) is 18.1 Å². The molecule has 2 rings (SSSR count). The highest BCUT2D eigenvalue weighted by Gasteiger charge is 2.20. The van der Waals surface area contributed by atoms with Gasteiger partial charge in [-0.3, -0.25) is 9.59 Å². The second-order valence-corrected chi connectivity index (χ2v) is 7.38. The van der Waals surface area contributed by atoms with E-state index in [4.69, 9.17) is 14.6 Å². The maximum Gasteiger partial charge on any atom is 0.323 e. The first kappa shape index (κ1) is 20.0. The van der Waals surface area contributed by atoms with E-state index in [1.807, 2.05) is 0 Å². The lowest BCUT2D eigenvalue weighted by molar-refractivity contribution is -0.144. The van der Waals surface area contributed by atoms with Gasteiger partial charge in [-0.2, -0.15) is 0 Å². The molecule has 0 fully saturated rings. The summed E-state index contributed by atoms with van der Waals surface area (Å²) >= 11 is 0. The van der Waals surface area contributed by atoms with Gasteiger partial charge in [0.2, 0.25) is 15.9 Å². The smallest absolute Gasteiger partial charge is 0.323 e. The summed E-state index contributed by atoms with van der Waals surface area (Å²) < 4.78 is 38.0. The van der Waals surface area contributed by atoms with Crippen molar-refractivity contribution < 1.29 is 32.6 Å². The lowest BCUT2D eigenvalue weighted by atomic mass is 10.3. The number of likely N-dealkylation sites (N-methyl/N-ethyl adjacent to an activating group) is 1. The van der Waals surface area contributed by atoms with E-state index >= 15 is 0 Å². The third-order valence-corrected chi connectivity index (χ3v) is 5.18. The Kier molecular flexibility index (Phi) is 6.81. The van der Waals surface area contributed by atoms with Crippen molar-refractivity contribution >= 4 is 21.9 Å². The van der Waals surface area contributed by atoms with E-state index in [9.17, 15) is 18.0 Å². The van der Waals surface area contributed by atoms with Gasteiger partial charge in [0.15, 0.2) is 11.5 Å². The van der Waals surface area contributed by atoms with Crippen LogP contribution in [0.2, 0.25) is 0 Å². The molecule has 9 nitrogen and oxygen atoms in total. The van der Waals surface area contributed by atoms with Gasteiger partial charge in [-0.05, 0) is 19.1 Å². The fraction of sp³-hybridized carbons (Fsp3) is 0.500. The summed E-state index contributed by atoms with van der Waals surface area (Å²) in [6, 6.07) is 4.32. The van der Waals surface area contributed by atoms with Crippen LogP contribution in [0.4, 0.5) is 0 Å². The Morgan fingerprint density at radius 1 is 1.23 bits per heavy atom. The molecule has 2 N–H and O–H groups in total. The highest BCUT2D eigenvalue weighted by Crippen LogP contribution is 2.31. The molecule has 1 aromatic rings. The summed E-state index contributed by atoms with van der Waals surface area (Å²) in [6.45, 7) is 2.29. The lowest BCUT2D eigenvalue weighted by Crippen LogP contribution is -2.37. The third-order valence-electron chi connectivity index (χ3n) is 3.72. The number of ether oxygens (including phenoxy) is 2. The fourth-order valence-corrected chi connectivity index (χ4v) is 3.43. The van der Waals surface area contributed by atoms with Crippen LogP contribution in [0, 0.1) is 0 Å². The second kappa shape index (κ2) is 8.86. The van der Waals surface area contributed by atoms with Crippen LogP contribution >= 0.6 is 0 Å². The van der Waals surface area contributed by atoms with Crippen LogP contribution in [0.5, 0.6) is 11.5 Å². The van der Waals surface area contributed by atoms with Gasteiger partial charge in [-0.15, -0.1) is 0 Å². The van der Waals surface area contributed by atoms with Crippen molar-refractivity contribution in [1.29, 1.82) is 0 Å². The largest absolute Gasteiger partial charge is 0.490 e. The van der Waals surface area contributed by atoms with E-state index in [1.54, 1.807) is 6.92 Å². The summed E-state index contributed by atoms with van der Waals surface area (Å²) in [4.78, 5) is 23.8. The Morgan fingerprint density at radius 2 is 1.92 bits per heavy atom. The van der Waals surface area contributed by atoms with Crippen LogP contribution in [0.15, 0.2) is 23.1 Å². The fourth-order valence-electron chi connectivity index (χ4n) is 2.38. The molecule has 10 heteroatoms. The normalized spacial score (nSPS) is 13.7. The van der Waals surface area contributed by atoms with Crippen molar-refractivity contribution in [2.24, 2.45) is 0 Å². The predicted octanol–water partition coefficient (Wildman–Crippen LogP) is 0.449. The number of carbonyl (C=O) groups excluding carboxylic acids is 1. The number of aliphatic carboxylic acids is 1. The number of fused-ring (bicyclic) bond motifs is 1. The Bertz CT molecular complexity index is 764. The zero-order chi connectivity index (χ0) is 19.2. The van der Waals surface area contributed by atoms with Crippen molar-refractivity contribution in [3.05, 3.63) is 18.2 Å². The SMILES string of the molecule is CCN(CC(=O)O)C(=O)CCNS(=O)(=O)c1ccc2c(c1)OCCCO2. The molecule has 0 saturated carbocycles. The van der Waals surface area contributed by atoms with Crippen LogP contribution in [0.1, 0.15) is 19.8 Å². The maximum atomic E-state index is 12.4. The average Bonchev–Trinajstić information content (AvgIpc) is 2.83. The van der Waals surface area contributed by atoms with Crippen LogP contribution in [0.3, 0.4) is 0 Å². The molecular formula is C16H22N2O7S. The number of sulfonamides is 1. The molecule has 0 unspecified atom stereocenters. The summed E-state index contributed by atoms with van der Waals surface area (Å²) in [5, 5.41) is 8.76. The molecule has 1 amide bonds. The zero-order valence-corrected chi connectivity index (χ0v) is 15.3. The lowest BCUT2D eigenvalue weighted by Gasteiger charge is -2.18. The van der Waals surface area contributed by atoms with Crippen molar-refractivity contribution in [1.82, 2.24) is 9.62 Å². The first-order valence-electron chi connectivity index (χ1n) is 8.22. The molecule has 1 aromatic carbocycles. The molecule has 0 aliphatic carbocycles. The first-order chi connectivity index (χ1) is 12.3. The van der Waals surface area contributed by atoms with E-state index < -0.39 is 28.4 Å². The minimum Gasteiger partial charge on any atom is -0.490 e. The van der Waals surface area contributed by atoms with E-state index in [1.165, 1.54) is 18.2 Å². The number of hydrogen-bond donors (Lipinski definition) is 2. The van der Waals surface area contributed by atoms with Crippen LogP contribution in [-0.2, 0) is 19.6 Å². The van der Waals surface area contributed by atoms with Crippen molar-refractivity contribution in [3.63, 3.8) is 0 Å². The number of nitrogens with zero attached hydrogens (tertiary/aromatic N) is 1. The third kappa shape index (κ3) is 5.33. The molecule has 0 aromatic heterocycles. The Morgan fingerprint density at radius 3 is 2.58 bits per heavy atom. The molecule has 1 heterocycles. The number of nitrogens with one attached hydrogen (secondary N) is 1. The molecule has 0 radical (unpaired) electrons. The maximum absolute atomic E-state index is 12.4. The van der Waals surface area contributed by atoms with Gasteiger partial charge in [-0.1, -0.05) is 0 Å². The van der Waals surface area contributed by atoms with Crippen LogP contribution in [0.25, 0.3) is 0 Å². The van der Waals surface area contributed by atoms with Gasteiger partial charge in [0, 0.05) is 32.0 Å². The van der Waals surface area contributed by atoms with Crippen LogP contribution < -0.4 is 14.2 Å². The highest BCUT2D eigenvalue weighted by molar-refractivity contribution is 7.89. The van der Waals surface area contributed by atoms with Gasteiger partial charge in [-0.25, -0.2) is 13.1 Å². The number of carbonyl (C=O) groups is 2. The van der Waals surface area contributed by atoms with E-state index in [0.29, 0.717) is 31.1 Å². The number of carboxylic acid groups (broad SMARTS) is 1. The molecule has 26 heavy (non-hydrogen) atoms. The molecule has 0 atom stereocenters. The monoisotopic (exact) mass is 386 g/mol. The number of carboxylic acids is 1. The van der Waals surface area contributed by atoms with Crippen molar-refractivity contribution in [3.8, 4) is 11.5 Å². The van der Waals surface area contributed by atoms with Crippen molar-refractivity contribution in [2.45, 2.75) is 24.7 Å². The van der Waals surface area contributed by atoms with E-state index in [2.05, 4.69) is 4.72 Å². The van der Waals surface area contributed by atoms with Gasteiger partial charge in [0.25, 0.3) is 0 Å². The summed E-state index contributed by atoms with van der Waals surface area (Å²) in [6.07, 6.45) is 0.576.